The van der Waals surface area contributed by atoms with Gasteiger partial charge in [-0.05, 0) is 25.5 Å². The van der Waals surface area contributed by atoms with Gasteiger partial charge in [-0.1, -0.05) is 35.9 Å². The molecule has 2 aromatic rings. The minimum Gasteiger partial charge on any atom is -0.398 e. The van der Waals surface area contributed by atoms with E-state index in [1.54, 1.807) is 16.4 Å². The molecule has 0 saturated carbocycles. The van der Waals surface area contributed by atoms with Gasteiger partial charge in [0.15, 0.2) is 0 Å². The summed E-state index contributed by atoms with van der Waals surface area (Å²) in [6, 6.07) is 10.6. The number of nitrogens with zero attached hydrogens (tertiary/aromatic N) is 1. The van der Waals surface area contributed by atoms with Gasteiger partial charge in [0.2, 0.25) is 10.0 Å². The summed E-state index contributed by atoms with van der Waals surface area (Å²) in [4.78, 5) is 0.335. The number of hydrogen-bond acceptors (Lipinski definition) is 3. The van der Waals surface area contributed by atoms with Gasteiger partial charge in [0.25, 0.3) is 0 Å². The van der Waals surface area contributed by atoms with Crippen molar-refractivity contribution in [2.75, 3.05) is 18.8 Å². The first kappa shape index (κ1) is 14.1. The number of benzene rings is 2. The number of nitrogens with two attached hydrogens (primary N) is 1. The molecule has 1 heterocycles. The second-order valence-electron chi connectivity index (χ2n) is 5.38. The standard InChI is InChI=1S/C16H18N2O2S/c1-12-5-4-10-18(11-12)21(19,20)16-9-8-15(17)13-6-2-3-7-14(13)16/h2-3,5-9H,4,10-11,17H2,1H3. The van der Waals surface area contributed by atoms with E-state index in [1.165, 1.54) is 0 Å². The van der Waals surface area contributed by atoms with Crippen LogP contribution in [0.15, 0.2) is 52.9 Å². The van der Waals surface area contributed by atoms with Crippen molar-refractivity contribution in [3.63, 3.8) is 0 Å². The molecule has 0 spiro atoms. The van der Waals surface area contributed by atoms with Crippen molar-refractivity contribution in [3.05, 3.63) is 48.0 Å². The number of hydrogen-bond donors (Lipinski definition) is 1. The monoisotopic (exact) mass is 302 g/mol. The molecule has 0 fully saturated rings. The highest BCUT2D eigenvalue weighted by molar-refractivity contribution is 7.89. The quantitative estimate of drug-likeness (QED) is 0.685. The average molecular weight is 302 g/mol. The highest BCUT2D eigenvalue weighted by atomic mass is 32.2. The molecule has 1 aliphatic rings. The Labute approximate surface area is 124 Å². The van der Waals surface area contributed by atoms with E-state index in [0.29, 0.717) is 29.1 Å². The molecule has 2 N–H and O–H groups in total. The molecule has 21 heavy (non-hydrogen) atoms. The largest absolute Gasteiger partial charge is 0.398 e. The van der Waals surface area contributed by atoms with Crippen molar-refractivity contribution in [2.24, 2.45) is 0 Å². The summed E-state index contributed by atoms with van der Waals surface area (Å²) in [5, 5.41) is 1.47. The number of nitrogen functional groups attached to an aromatic ring is 1. The number of rotatable bonds is 2. The minimum atomic E-state index is -3.50. The molecule has 0 atom stereocenters. The third-order valence-electron chi connectivity index (χ3n) is 3.83. The normalized spacial score (nSPS) is 16.9. The molecule has 0 unspecified atom stereocenters. The Morgan fingerprint density at radius 3 is 2.52 bits per heavy atom. The summed E-state index contributed by atoms with van der Waals surface area (Å²) in [6.07, 6.45) is 2.85. The maximum atomic E-state index is 12.9. The molecule has 0 bridgehead atoms. The fourth-order valence-corrected chi connectivity index (χ4v) is 4.43. The maximum absolute atomic E-state index is 12.9. The Hall–Kier alpha value is -1.85. The molecule has 0 aliphatic carbocycles. The molecule has 0 amide bonds. The fourth-order valence-electron chi connectivity index (χ4n) is 2.74. The zero-order valence-corrected chi connectivity index (χ0v) is 12.7. The van der Waals surface area contributed by atoms with Crippen molar-refractivity contribution in [1.29, 1.82) is 0 Å². The van der Waals surface area contributed by atoms with Crippen molar-refractivity contribution in [1.82, 2.24) is 4.31 Å². The summed E-state index contributed by atoms with van der Waals surface area (Å²) in [5.41, 5.74) is 7.64. The summed E-state index contributed by atoms with van der Waals surface area (Å²) in [7, 11) is -3.50. The van der Waals surface area contributed by atoms with Gasteiger partial charge in [0.05, 0.1) is 4.90 Å². The van der Waals surface area contributed by atoms with E-state index in [2.05, 4.69) is 6.08 Å². The van der Waals surface area contributed by atoms with Crippen LogP contribution in [-0.4, -0.2) is 25.8 Å². The Balaban J connectivity index is 2.16. The molecule has 0 aromatic heterocycles. The number of fused-ring (bicyclic) bond motifs is 1. The predicted molar refractivity (Wildman–Crippen MR) is 85.5 cm³/mol. The molecule has 4 nitrogen and oxygen atoms in total. The van der Waals surface area contributed by atoms with Gasteiger partial charge in [-0.15, -0.1) is 0 Å². The summed E-state index contributed by atoms with van der Waals surface area (Å²) in [5.74, 6) is 0. The van der Waals surface area contributed by atoms with Crippen LogP contribution in [0.1, 0.15) is 13.3 Å². The lowest BCUT2D eigenvalue weighted by Crippen LogP contribution is -2.35. The number of sulfonamides is 1. The molecule has 3 rings (SSSR count). The van der Waals surface area contributed by atoms with Gasteiger partial charge in [0, 0.05) is 29.5 Å². The summed E-state index contributed by atoms with van der Waals surface area (Å²) < 4.78 is 27.4. The Bertz CT molecular complexity index is 825. The Morgan fingerprint density at radius 1 is 1.10 bits per heavy atom. The second kappa shape index (κ2) is 5.16. The zero-order valence-electron chi connectivity index (χ0n) is 11.9. The lowest BCUT2D eigenvalue weighted by atomic mass is 10.1. The third kappa shape index (κ3) is 2.43. The fraction of sp³-hybridized carbons (Fsp3) is 0.250. The SMILES string of the molecule is CC1=CCCN(S(=O)(=O)c2ccc(N)c3ccccc23)C1. The smallest absolute Gasteiger partial charge is 0.243 e. The minimum absolute atomic E-state index is 0.335. The van der Waals surface area contributed by atoms with Crippen molar-refractivity contribution in [3.8, 4) is 0 Å². The molecule has 0 radical (unpaired) electrons. The first-order valence-corrected chi connectivity index (χ1v) is 8.37. The predicted octanol–water partition coefficient (Wildman–Crippen LogP) is 2.76. The van der Waals surface area contributed by atoms with E-state index in [1.807, 2.05) is 31.2 Å². The van der Waals surface area contributed by atoms with Crippen LogP contribution in [0.2, 0.25) is 0 Å². The molecular formula is C16H18N2O2S. The van der Waals surface area contributed by atoms with Crippen LogP contribution in [-0.2, 0) is 10.0 Å². The zero-order chi connectivity index (χ0) is 15.0. The highest BCUT2D eigenvalue weighted by Crippen LogP contribution is 2.30. The molecule has 110 valence electrons. The lowest BCUT2D eigenvalue weighted by molar-refractivity contribution is 0.428. The van der Waals surface area contributed by atoms with E-state index in [0.717, 1.165) is 17.4 Å². The maximum Gasteiger partial charge on any atom is 0.243 e. The van der Waals surface area contributed by atoms with Crippen molar-refractivity contribution in [2.45, 2.75) is 18.2 Å². The van der Waals surface area contributed by atoms with Crippen LogP contribution in [0.5, 0.6) is 0 Å². The summed E-state index contributed by atoms with van der Waals surface area (Å²) >= 11 is 0. The lowest BCUT2D eigenvalue weighted by Gasteiger charge is -2.26. The van der Waals surface area contributed by atoms with Crippen LogP contribution in [0.3, 0.4) is 0 Å². The Kier molecular flexibility index (Phi) is 3.47. The number of anilines is 1. The topological polar surface area (TPSA) is 63.4 Å². The first-order valence-electron chi connectivity index (χ1n) is 6.93. The van der Waals surface area contributed by atoms with E-state index < -0.39 is 10.0 Å². The average Bonchev–Trinajstić information content (AvgIpc) is 2.47. The van der Waals surface area contributed by atoms with E-state index >= 15 is 0 Å². The molecular weight excluding hydrogens is 284 g/mol. The second-order valence-corrected chi connectivity index (χ2v) is 7.28. The van der Waals surface area contributed by atoms with Gasteiger partial charge in [-0.2, -0.15) is 4.31 Å². The molecule has 1 aliphatic heterocycles. The molecule has 2 aromatic carbocycles. The van der Waals surface area contributed by atoms with Crippen LogP contribution < -0.4 is 5.73 Å². The third-order valence-corrected chi connectivity index (χ3v) is 5.74. The van der Waals surface area contributed by atoms with E-state index in [9.17, 15) is 8.42 Å². The van der Waals surface area contributed by atoms with Gasteiger partial charge in [0.1, 0.15) is 0 Å². The van der Waals surface area contributed by atoms with Gasteiger partial charge < -0.3 is 5.73 Å². The van der Waals surface area contributed by atoms with E-state index in [4.69, 9.17) is 5.73 Å². The van der Waals surface area contributed by atoms with Gasteiger partial charge in [-0.25, -0.2) is 8.42 Å². The molecule has 0 saturated heterocycles. The van der Waals surface area contributed by atoms with Gasteiger partial charge in [-0.3, -0.25) is 0 Å². The van der Waals surface area contributed by atoms with Gasteiger partial charge >= 0.3 is 0 Å². The first-order chi connectivity index (χ1) is 10.00. The molecule has 5 heteroatoms. The van der Waals surface area contributed by atoms with Crippen LogP contribution in [0.25, 0.3) is 10.8 Å². The van der Waals surface area contributed by atoms with Crippen molar-refractivity contribution >= 4 is 26.5 Å². The van der Waals surface area contributed by atoms with Crippen LogP contribution >= 0.6 is 0 Å². The highest BCUT2D eigenvalue weighted by Gasteiger charge is 2.27. The van der Waals surface area contributed by atoms with Crippen molar-refractivity contribution < 1.29 is 8.42 Å². The van der Waals surface area contributed by atoms with E-state index in [-0.39, 0.29) is 0 Å². The Morgan fingerprint density at radius 2 is 1.81 bits per heavy atom. The summed E-state index contributed by atoms with van der Waals surface area (Å²) in [6.45, 7) is 2.95. The van der Waals surface area contributed by atoms with Crippen LogP contribution in [0.4, 0.5) is 5.69 Å². The van der Waals surface area contributed by atoms with Crippen LogP contribution in [0, 0.1) is 0 Å².